The molecule has 1 atom stereocenters. The van der Waals surface area contributed by atoms with Crippen LogP contribution in [0.3, 0.4) is 0 Å². The van der Waals surface area contributed by atoms with Crippen LogP contribution in [0.25, 0.3) is 0 Å². The lowest BCUT2D eigenvalue weighted by Gasteiger charge is -2.17. The van der Waals surface area contributed by atoms with Gasteiger partial charge < -0.3 is 9.47 Å². The van der Waals surface area contributed by atoms with E-state index >= 15 is 0 Å². The Bertz CT molecular complexity index is 128. The number of methoxy groups -OCH3 is 1. The van der Waals surface area contributed by atoms with Crippen molar-refractivity contribution in [3.8, 4) is 12.3 Å². The normalized spacial score (nSPS) is 34.2. The summed E-state index contributed by atoms with van der Waals surface area (Å²) >= 11 is 0. The third-order valence-electron chi connectivity index (χ3n) is 1.64. The highest BCUT2D eigenvalue weighted by Crippen LogP contribution is 2.20. The van der Waals surface area contributed by atoms with Crippen LogP contribution >= 0.6 is 0 Å². The van der Waals surface area contributed by atoms with Crippen LogP contribution in [-0.2, 0) is 9.47 Å². The molecule has 0 N–H and O–H groups in total. The minimum atomic E-state index is -0.417. The molecule has 9 heavy (non-hydrogen) atoms. The molecule has 1 saturated heterocycles. The van der Waals surface area contributed by atoms with Crippen molar-refractivity contribution in [3.63, 3.8) is 0 Å². The quantitative estimate of drug-likeness (QED) is 0.474. The molecule has 1 aliphatic rings. The Balaban J connectivity index is 2.59. The molecule has 2 nitrogen and oxygen atoms in total. The number of hydrogen-bond acceptors (Lipinski definition) is 2. The Hall–Kier alpha value is -0.520. The van der Waals surface area contributed by atoms with Gasteiger partial charge in [0, 0.05) is 13.5 Å². The van der Waals surface area contributed by atoms with Gasteiger partial charge in [0.25, 0.3) is 0 Å². The molecule has 1 aliphatic heterocycles. The molecular weight excluding hydrogens is 116 g/mol. The first kappa shape index (κ1) is 6.60. The SMILES string of the molecule is C#CC1(OC)CCOC1. The van der Waals surface area contributed by atoms with Gasteiger partial charge in [0.15, 0.2) is 5.60 Å². The Labute approximate surface area is 55.1 Å². The second kappa shape index (κ2) is 2.38. The van der Waals surface area contributed by atoms with Crippen LogP contribution in [0.4, 0.5) is 0 Å². The van der Waals surface area contributed by atoms with Crippen molar-refractivity contribution >= 4 is 0 Å². The summed E-state index contributed by atoms with van der Waals surface area (Å²) < 4.78 is 10.2. The van der Waals surface area contributed by atoms with Crippen LogP contribution in [0.2, 0.25) is 0 Å². The Kier molecular flexibility index (Phi) is 1.75. The summed E-state index contributed by atoms with van der Waals surface area (Å²) in [6.45, 7) is 1.26. The van der Waals surface area contributed by atoms with E-state index in [4.69, 9.17) is 15.9 Å². The van der Waals surface area contributed by atoms with E-state index in [1.54, 1.807) is 7.11 Å². The number of ether oxygens (including phenoxy) is 2. The van der Waals surface area contributed by atoms with E-state index < -0.39 is 5.60 Å². The highest BCUT2D eigenvalue weighted by Gasteiger charge is 2.32. The van der Waals surface area contributed by atoms with Gasteiger partial charge in [0.1, 0.15) is 0 Å². The van der Waals surface area contributed by atoms with Gasteiger partial charge in [-0.25, -0.2) is 0 Å². The van der Waals surface area contributed by atoms with Crippen molar-refractivity contribution in [3.05, 3.63) is 0 Å². The summed E-state index contributed by atoms with van der Waals surface area (Å²) in [4.78, 5) is 0. The van der Waals surface area contributed by atoms with E-state index in [-0.39, 0.29) is 0 Å². The van der Waals surface area contributed by atoms with Crippen LogP contribution < -0.4 is 0 Å². The standard InChI is InChI=1S/C7H10O2/c1-3-7(8-2)4-5-9-6-7/h1H,4-6H2,2H3. The van der Waals surface area contributed by atoms with Crippen LogP contribution in [0.1, 0.15) is 6.42 Å². The van der Waals surface area contributed by atoms with Crippen molar-refractivity contribution in [1.82, 2.24) is 0 Å². The molecule has 0 amide bonds. The largest absolute Gasteiger partial charge is 0.377 e. The van der Waals surface area contributed by atoms with Crippen molar-refractivity contribution in [2.75, 3.05) is 20.3 Å². The second-order valence-corrected chi connectivity index (χ2v) is 2.15. The van der Waals surface area contributed by atoms with Gasteiger partial charge in [-0.2, -0.15) is 0 Å². The van der Waals surface area contributed by atoms with Gasteiger partial charge >= 0.3 is 0 Å². The maximum absolute atomic E-state index is 5.22. The molecule has 1 unspecified atom stereocenters. The van der Waals surface area contributed by atoms with Gasteiger partial charge in [0.05, 0.1) is 13.2 Å². The van der Waals surface area contributed by atoms with Crippen molar-refractivity contribution in [2.24, 2.45) is 0 Å². The van der Waals surface area contributed by atoms with E-state index in [0.29, 0.717) is 6.61 Å². The van der Waals surface area contributed by atoms with Gasteiger partial charge in [0.2, 0.25) is 0 Å². The minimum Gasteiger partial charge on any atom is -0.377 e. The van der Waals surface area contributed by atoms with Crippen molar-refractivity contribution in [1.29, 1.82) is 0 Å². The fourth-order valence-corrected chi connectivity index (χ4v) is 0.880. The summed E-state index contributed by atoms with van der Waals surface area (Å²) in [6.07, 6.45) is 6.04. The third-order valence-corrected chi connectivity index (χ3v) is 1.64. The van der Waals surface area contributed by atoms with Crippen molar-refractivity contribution in [2.45, 2.75) is 12.0 Å². The number of rotatable bonds is 1. The highest BCUT2D eigenvalue weighted by molar-refractivity contribution is 5.10. The average Bonchev–Trinajstić information content (AvgIpc) is 2.36. The van der Waals surface area contributed by atoms with Crippen LogP contribution in [0.5, 0.6) is 0 Å². The zero-order valence-electron chi connectivity index (χ0n) is 5.52. The summed E-state index contributed by atoms with van der Waals surface area (Å²) in [5.41, 5.74) is -0.417. The summed E-state index contributed by atoms with van der Waals surface area (Å²) in [7, 11) is 1.62. The molecule has 0 aliphatic carbocycles. The first-order valence-electron chi connectivity index (χ1n) is 2.94. The number of terminal acetylenes is 1. The molecule has 0 aromatic heterocycles. The molecule has 0 radical (unpaired) electrons. The van der Waals surface area contributed by atoms with E-state index in [9.17, 15) is 0 Å². The van der Waals surface area contributed by atoms with Gasteiger partial charge in [-0.05, 0) is 0 Å². The fraction of sp³-hybridized carbons (Fsp3) is 0.714. The molecular formula is C7H10O2. The lowest BCUT2D eigenvalue weighted by Crippen LogP contribution is -2.29. The number of hydrogen-bond donors (Lipinski definition) is 0. The molecule has 0 aromatic rings. The van der Waals surface area contributed by atoms with E-state index in [1.807, 2.05) is 0 Å². The van der Waals surface area contributed by atoms with Gasteiger partial charge in [-0.1, -0.05) is 5.92 Å². The maximum Gasteiger partial charge on any atom is 0.153 e. The van der Waals surface area contributed by atoms with E-state index in [0.717, 1.165) is 13.0 Å². The molecule has 0 spiro atoms. The van der Waals surface area contributed by atoms with Crippen LogP contribution in [-0.4, -0.2) is 25.9 Å². The highest BCUT2D eigenvalue weighted by atomic mass is 16.5. The van der Waals surface area contributed by atoms with Crippen molar-refractivity contribution < 1.29 is 9.47 Å². The maximum atomic E-state index is 5.22. The van der Waals surface area contributed by atoms with Crippen LogP contribution in [0, 0.1) is 12.3 Å². The molecule has 2 heteroatoms. The summed E-state index contributed by atoms with van der Waals surface area (Å²) in [5.74, 6) is 2.58. The second-order valence-electron chi connectivity index (χ2n) is 2.15. The first-order chi connectivity index (χ1) is 4.33. The molecule has 0 aromatic carbocycles. The van der Waals surface area contributed by atoms with Gasteiger partial charge in [-0.15, -0.1) is 6.42 Å². The van der Waals surface area contributed by atoms with E-state index in [1.165, 1.54) is 0 Å². The molecule has 1 heterocycles. The van der Waals surface area contributed by atoms with E-state index in [2.05, 4.69) is 5.92 Å². The molecule has 0 bridgehead atoms. The molecule has 50 valence electrons. The topological polar surface area (TPSA) is 18.5 Å². The molecule has 1 fully saturated rings. The monoisotopic (exact) mass is 126 g/mol. The zero-order chi connectivity index (χ0) is 6.74. The lowest BCUT2D eigenvalue weighted by molar-refractivity contribution is 0.0297. The predicted octanol–water partition coefficient (Wildman–Crippen LogP) is 0.425. The lowest BCUT2D eigenvalue weighted by atomic mass is 10.1. The summed E-state index contributed by atoms with van der Waals surface area (Å²) in [6, 6.07) is 0. The predicted molar refractivity (Wildman–Crippen MR) is 34.0 cm³/mol. The minimum absolute atomic E-state index is 0.417. The Morgan fingerprint density at radius 1 is 1.78 bits per heavy atom. The van der Waals surface area contributed by atoms with Crippen LogP contribution in [0.15, 0.2) is 0 Å². The Morgan fingerprint density at radius 2 is 2.56 bits per heavy atom. The Morgan fingerprint density at radius 3 is 2.78 bits per heavy atom. The molecule has 0 saturated carbocycles. The summed E-state index contributed by atoms with van der Waals surface area (Å²) in [5, 5.41) is 0. The average molecular weight is 126 g/mol. The third kappa shape index (κ3) is 1.07. The first-order valence-corrected chi connectivity index (χ1v) is 2.94. The van der Waals surface area contributed by atoms with Gasteiger partial charge in [-0.3, -0.25) is 0 Å². The molecule has 1 rings (SSSR count). The zero-order valence-corrected chi connectivity index (χ0v) is 5.52. The smallest absolute Gasteiger partial charge is 0.153 e. The fourth-order valence-electron chi connectivity index (χ4n) is 0.880.